The number of rotatable bonds is 10. The highest BCUT2D eigenvalue weighted by Crippen LogP contribution is 2.20. The third-order valence-electron chi connectivity index (χ3n) is 4.49. The first-order valence-corrected chi connectivity index (χ1v) is 10.6. The van der Waals surface area contributed by atoms with Gasteiger partial charge in [-0.25, -0.2) is 4.98 Å². The number of nitrogens with one attached hydrogen (secondary N) is 3. The minimum atomic E-state index is -0.164. The third kappa shape index (κ3) is 6.70. The van der Waals surface area contributed by atoms with Crippen molar-refractivity contribution in [1.29, 1.82) is 0 Å². The first-order valence-electron chi connectivity index (χ1n) is 10.6. The highest BCUT2D eigenvalue weighted by atomic mass is 16.5. The Morgan fingerprint density at radius 1 is 0.968 bits per heavy atom. The van der Waals surface area contributed by atoms with E-state index in [2.05, 4.69) is 32.8 Å². The molecular weight excluding hydrogens is 390 g/mol. The molecule has 3 rings (SSSR count). The quantitative estimate of drug-likeness (QED) is 0.382. The lowest BCUT2D eigenvalue weighted by molar-refractivity contribution is 0.102. The molecule has 0 saturated carbocycles. The molecule has 1 amide bonds. The van der Waals surface area contributed by atoms with Crippen molar-refractivity contribution in [3.8, 4) is 5.75 Å². The summed E-state index contributed by atoms with van der Waals surface area (Å²) in [7, 11) is 0. The number of carbonyl (C=O) groups is 1. The van der Waals surface area contributed by atoms with Gasteiger partial charge in [-0.3, -0.25) is 4.79 Å². The predicted octanol–water partition coefficient (Wildman–Crippen LogP) is 5.39. The van der Waals surface area contributed by atoms with Gasteiger partial charge in [0, 0.05) is 35.2 Å². The Hall–Kier alpha value is -3.61. The Balaban J connectivity index is 1.58. The van der Waals surface area contributed by atoms with Crippen LogP contribution in [0.15, 0.2) is 54.6 Å². The highest BCUT2D eigenvalue weighted by Gasteiger charge is 2.07. The van der Waals surface area contributed by atoms with Crippen molar-refractivity contribution in [2.24, 2.45) is 0 Å². The molecule has 7 heteroatoms. The van der Waals surface area contributed by atoms with E-state index in [0.717, 1.165) is 36.5 Å². The molecule has 0 aliphatic carbocycles. The standard InChI is InChI=1S/C24H29N5O2/c1-4-6-15-31-21-13-7-18(8-14-21)23(30)28-20-11-9-19(10-12-20)27-22-16-17(3)26-24(29-22)25-5-2/h7-14,16H,4-6,15H2,1-3H3,(H,28,30)(H2,25,26,27,29). The minimum absolute atomic E-state index is 0.164. The van der Waals surface area contributed by atoms with Crippen molar-refractivity contribution in [3.63, 3.8) is 0 Å². The average molecular weight is 420 g/mol. The largest absolute Gasteiger partial charge is 0.494 e. The van der Waals surface area contributed by atoms with Gasteiger partial charge in [-0.1, -0.05) is 13.3 Å². The van der Waals surface area contributed by atoms with Gasteiger partial charge in [0.05, 0.1) is 6.61 Å². The van der Waals surface area contributed by atoms with Gasteiger partial charge >= 0.3 is 0 Å². The van der Waals surface area contributed by atoms with E-state index >= 15 is 0 Å². The zero-order chi connectivity index (χ0) is 22.1. The Bertz CT molecular complexity index is 988. The molecule has 0 unspecified atom stereocenters. The van der Waals surface area contributed by atoms with Crippen LogP contribution in [0, 0.1) is 6.92 Å². The number of anilines is 4. The van der Waals surface area contributed by atoms with Gasteiger partial charge in [-0.15, -0.1) is 0 Å². The van der Waals surface area contributed by atoms with Gasteiger partial charge in [0.1, 0.15) is 11.6 Å². The van der Waals surface area contributed by atoms with E-state index in [1.54, 1.807) is 12.1 Å². The molecule has 7 nitrogen and oxygen atoms in total. The molecule has 0 saturated heterocycles. The second kappa shape index (κ2) is 11.0. The SMILES string of the molecule is CCCCOc1ccc(C(=O)Nc2ccc(Nc3cc(C)nc(NCC)n3)cc2)cc1. The normalized spacial score (nSPS) is 10.4. The molecule has 0 aliphatic heterocycles. The number of ether oxygens (including phenoxy) is 1. The van der Waals surface area contributed by atoms with Crippen LogP contribution in [0.5, 0.6) is 5.75 Å². The molecule has 1 aromatic heterocycles. The molecule has 0 bridgehead atoms. The van der Waals surface area contributed by atoms with Crippen molar-refractivity contribution in [2.75, 3.05) is 29.1 Å². The number of amides is 1. The predicted molar refractivity (Wildman–Crippen MR) is 125 cm³/mol. The fourth-order valence-corrected chi connectivity index (χ4v) is 2.89. The summed E-state index contributed by atoms with van der Waals surface area (Å²) in [5.41, 5.74) is 3.04. The number of aromatic nitrogens is 2. The van der Waals surface area contributed by atoms with Gasteiger partial charge in [-0.2, -0.15) is 4.98 Å². The maximum Gasteiger partial charge on any atom is 0.255 e. The molecule has 31 heavy (non-hydrogen) atoms. The van der Waals surface area contributed by atoms with E-state index in [1.807, 2.05) is 56.3 Å². The highest BCUT2D eigenvalue weighted by molar-refractivity contribution is 6.04. The Morgan fingerprint density at radius 3 is 2.35 bits per heavy atom. The molecular formula is C24H29N5O2. The zero-order valence-electron chi connectivity index (χ0n) is 18.2. The van der Waals surface area contributed by atoms with E-state index in [0.29, 0.717) is 29.6 Å². The number of hydrogen-bond acceptors (Lipinski definition) is 6. The van der Waals surface area contributed by atoms with Crippen LogP contribution in [0.2, 0.25) is 0 Å². The maximum absolute atomic E-state index is 12.5. The van der Waals surface area contributed by atoms with Crippen LogP contribution in [0.1, 0.15) is 42.7 Å². The van der Waals surface area contributed by atoms with Crippen molar-refractivity contribution in [1.82, 2.24) is 9.97 Å². The molecule has 162 valence electrons. The van der Waals surface area contributed by atoms with Crippen LogP contribution in [-0.4, -0.2) is 29.0 Å². The molecule has 1 heterocycles. The average Bonchev–Trinajstić information content (AvgIpc) is 2.75. The van der Waals surface area contributed by atoms with Crippen molar-refractivity contribution in [3.05, 3.63) is 65.9 Å². The third-order valence-corrected chi connectivity index (χ3v) is 4.49. The van der Waals surface area contributed by atoms with Gasteiger partial charge in [0.15, 0.2) is 0 Å². The van der Waals surface area contributed by atoms with Crippen molar-refractivity contribution in [2.45, 2.75) is 33.6 Å². The monoisotopic (exact) mass is 419 g/mol. The molecule has 0 atom stereocenters. The topological polar surface area (TPSA) is 88.2 Å². The summed E-state index contributed by atoms with van der Waals surface area (Å²) in [6.45, 7) is 7.49. The molecule has 0 radical (unpaired) electrons. The summed E-state index contributed by atoms with van der Waals surface area (Å²) in [5, 5.41) is 9.30. The van der Waals surface area contributed by atoms with E-state index in [4.69, 9.17) is 4.74 Å². The van der Waals surface area contributed by atoms with Crippen LogP contribution >= 0.6 is 0 Å². The number of benzene rings is 2. The van der Waals surface area contributed by atoms with Crippen LogP contribution < -0.4 is 20.7 Å². The summed E-state index contributed by atoms with van der Waals surface area (Å²) in [5.74, 6) is 1.91. The van der Waals surface area contributed by atoms with Crippen molar-refractivity contribution < 1.29 is 9.53 Å². The van der Waals surface area contributed by atoms with Crippen LogP contribution in [0.25, 0.3) is 0 Å². The van der Waals surface area contributed by atoms with Crippen molar-refractivity contribution >= 4 is 29.0 Å². The number of nitrogens with zero attached hydrogens (tertiary/aromatic N) is 2. The Morgan fingerprint density at radius 2 is 1.68 bits per heavy atom. The summed E-state index contributed by atoms with van der Waals surface area (Å²) >= 11 is 0. The number of hydrogen-bond donors (Lipinski definition) is 3. The van der Waals surface area contributed by atoms with Gasteiger partial charge in [0.2, 0.25) is 5.95 Å². The summed E-state index contributed by atoms with van der Waals surface area (Å²) in [4.78, 5) is 21.3. The fraction of sp³-hybridized carbons (Fsp3) is 0.292. The summed E-state index contributed by atoms with van der Waals surface area (Å²) < 4.78 is 5.64. The van der Waals surface area contributed by atoms with E-state index in [1.165, 1.54) is 0 Å². The Labute approximate surface area is 183 Å². The lowest BCUT2D eigenvalue weighted by Crippen LogP contribution is -2.11. The number of carbonyl (C=O) groups excluding carboxylic acids is 1. The van der Waals surface area contributed by atoms with E-state index < -0.39 is 0 Å². The van der Waals surface area contributed by atoms with Crippen LogP contribution in [0.4, 0.5) is 23.1 Å². The summed E-state index contributed by atoms with van der Waals surface area (Å²) in [6, 6.07) is 16.6. The lowest BCUT2D eigenvalue weighted by Gasteiger charge is -2.10. The van der Waals surface area contributed by atoms with Gasteiger partial charge in [0.25, 0.3) is 5.91 Å². The van der Waals surface area contributed by atoms with Crippen LogP contribution in [0.3, 0.4) is 0 Å². The lowest BCUT2D eigenvalue weighted by atomic mass is 10.2. The van der Waals surface area contributed by atoms with Crippen LogP contribution in [-0.2, 0) is 0 Å². The molecule has 0 aliphatic rings. The maximum atomic E-state index is 12.5. The second-order valence-electron chi connectivity index (χ2n) is 7.13. The molecule has 2 aromatic carbocycles. The minimum Gasteiger partial charge on any atom is -0.494 e. The molecule has 0 spiro atoms. The smallest absolute Gasteiger partial charge is 0.255 e. The Kier molecular flexibility index (Phi) is 7.81. The van der Waals surface area contributed by atoms with E-state index in [-0.39, 0.29) is 5.91 Å². The zero-order valence-corrected chi connectivity index (χ0v) is 18.2. The number of aryl methyl sites for hydroxylation is 1. The second-order valence-corrected chi connectivity index (χ2v) is 7.13. The molecule has 3 aromatic rings. The summed E-state index contributed by atoms with van der Waals surface area (Å²) in [6.07, 6.45) is 2.10. The first kappa shape index (κ1) is 22.1. The molecule has 3 N–H and O–H groups in total. The first-order chi connectivity index (χ1) is 15.1. The number of unbranched alkanes of at least 4 members (excludes halogenated alkanes) is 1. The van der Waals surface area contributed by atoms with E-state index in [9.17, 15) is 4.79 Å². The van der Waals surface area contributed by atoms with Gasteiger partial charge in [-0.05, 0) is 68.8 Å². The fourth-order valence-electron chi connectivity index (χ4n) is 2.89. The molecule has 0 fully saturated rings. The van der Waals surface area contributed by atoms with Gasteiger partial charge < -0.3 is 20.7 Å².